The van der Waals surface area contributed by atoms with Crippen molar-refractivity contribution in [3.8, 4) is 0 Å². The first-order chi connectivity index (χ1) is 8.47. The molecule has 1 aromatic carbocycles. The number of nitrogens with one attached hydrogen (secondary N) is 1. The van der Waals surface area contributed by atoms with Gasteiger partial charge in [0.2, 0.25) is 10.0 Å². The number of benzene rings is 1. The molecule has 102 valence electrons. The molecule has 4 nitrogen and oxygen atoms in total. The van der Waals surface area contributed by atoms with Gasteiger partial charge < -0.3 is 5.73 Å². The molecular formula is C11H17ClN2O2S2. The molecule has 3 N–H and O–H groups in total. The van der Waals surface area contributed by atoms with E-state index >= 15 is 0 Å². The summed E-state index contributed by atoms with van der Waals surface area (Å²) in [7, 11) is -3.48. The highest BCUT2D eigenvalue weighted by Crippen LogP contribution is 2.22. The molecule has 0 saturated heterocycles. The maximum atomic E-state index is 11.9. The van der Waals surface area contributed by atoms with E-state index in [-0.39, 0.29) is 10.6 Å². The lowest BCUT2D eigenvalue weighted by atomic mass is 10.3. The lowest BCUT2D eigenvalue weighted by molar-refractivity contribution is 0.578. The minimum atomic E-state index is -3.48. The molecule has 0 aliphatic rings. The van der Waals surface area contributed by atoms with Gasteiger partial charge in [0.25, 0.3) is 0 Å². The van der Waals surface area contributed by atoms with Gasteiger partial charge in [-0.05, 0) is 43.0 Å². The zero-order valence-corrected chi connectivity index (χ0v) is 12.5. The van der Waals surface area contributed by atoms with E-state index in [1.165, 1.54) is 18.2 Å². The zero-order valence-electron chi connectivity index (χ0n) is 10.1. The van der Waals surface area contributed by atoms with Crippen molar-refractivity contribution in [2.24, 2.45) is 0 Å². The van der Waals surface area contributed by atoms with E-state index in [2.05, 4.69) is 4.72 Å². The molecule has 7 heteroatoms. The summed E-state index contributed by atoms with van der Waals surface area (Å²) in [5.41, 5.74) is 5.85. The Balaban J connectivity index is 2.60. The number of halogens is 1. The van der Waals surface area contributed by atoms with Gasteiger partial charge in [0.1, 0.15) is 0 Å². The van der Waals surface area contributed by atoms with Gasteiger partial charge in [-0.1, -0.05) is 11.6 Å². The zero-order chi connectivity index (χ0) is 13.6. The molecule has 0 aliphatic carbocycles. The van der Waals surface area contributed by atoms with Crippen molar-refractivity contribution < 1.29 is 8.42 Å². The van der Waals surface area contributed by atoms with Crippen LogP contribution >= 0.6 is 23.4 Å². The predicted molar refractivity (Wildman–Crippen MR) is 78.7 cm³/mol. The summed E-state index contributed by atoms with van der Waals surface area (Å²) in [5, 5.41) is 0.355. The molecule has 0 spiro atoms. The average molecular weight is 309 g/mol. The molecule has 0 aromatic heterocycles. The van der Waals surface area contributed by atoms with Gasteiger partial charge >= 0.3 is 0 Å². The first-order valence-electron chi connectivity index (χ1n) is 5.51. The Morgan fingerprint density at radius 1 is 1.39 bits per heavy atom. The summed E-state index contributed by atoms with van der Waals surface area (Å²) in [6.45, 7) is 0.436. The van der Waals surface area contributed by atoms with Crippen LogP contribution in [0.3, 0.4) is 0 Å². The number of unbranched alkanes of at least 4 members (excludes halogenated alkanes) is 1. The summed E-state index contributed by atoms with van der Waals surface area (Å²) in [4.78, 5) is 0.147. The second-order valence-electron chi connectivity index (χ2n) is 3.78. The molecule has 1 aromatic rings. The first kappa shape index (κ1) is 15.6. The van der Waals surface area contributed by atoms with Crippen LogP contribution < -0.4 is 10.5 Å². The van der Waals surface area contributed by atoms with Gasteiger partial charge in [0.15, 0.2) is 0 Å². The molecule has 18 heavy (non-hydrogen) atoms. The molecule has 0 amide bonds. The van der Waals surface area contributed by atoms with Crippen LogP contribution in [-0.4, -0.2) is 27.0 Å². The minimum Gasteiger partial charge on any atom is -0.397 e. The Labute approximate surface area is 117 Å². The van der Waals surface area contributed by atoms with Crippen LogP contribution in [0, 0.1) is 0 Å². The van der Waals surface area contributed by atoms with Gasteiger partial charge in [0, 0.05) is 6.54 Å². The highest BCUT2D eigenvalue weighted by molar-refractivity contribution is 7.98. The molecule has 0 fully saturated rings. The monoisotopic (exact) mass is 308 g/mol. The van der Waals surface area contributed by atoms with Crippen molar-refractivity contribution in [2.75, 3.05) is 24.3 Å². The topological polar surface area (TPSA) is 72.2 Å². The summed E-state index contributed by atoms with van der Waals surface area (Å²) in [5.74, 6) is 1.04. The number of rotatable bonds is 7. The van der Waals surface area contributed by atoms with E-state index in [1.54, 1.807) is 11.8 Å². The Morgan fingerprint density at radius 2 is 2.11 bits per heavy atom. The van der Waals surface area contributed by atoms with E-state index in [4.69, 9.17) is 17.3 Å². The second kappa shape index (κ2) is 7.23. The third-order valence-electron chi connectivity index (χ3n) is 2.35. The van der Waals surface area contributed by atoms with Gasteiger partial charge in [0.05, 0.1) is 15.6 Å². The molecule has 0 aliphatic heterocycles. The quantitative estimate of drug-likeness (QED) is 0.599. The van der Waals surface area contributed by atoms with Crippen LogP contribution in [0.25, 0.3) is 0 Å². The van der Waals surface area contributed by atoms with E-state index in [9.17, 15) is 8.42 Å². The summed E-state index contributed by atoms with van der Waals surface area (Å²) in [6.07, 6.45) is 3.84. The number of nitrogen functional groups attached to an aromatic ring is 1. The summed E-state index contributed by atoms with van der Waals surface area (Å²) in [6, 6.07) is 4.30. The third-order valence-corrected chi connectivity index (χ3v) is 4.84. The number of sulfonamides is 1. The number of anilines is 1. The first-order valence-corrected chi connectivity index (χ1v) is 8.76. The normalized spacial score (nSPS) is 11.7. The van der Waals surface area contributed by atoms with Crippen LogP contribution in [0.5, 0.6) is 0 Å². The van der Waals surface area contributed by atoms with Gasteiger partial charge in [-0.15, -0.1) is 0 Å². The van der Waals surface area contributed by atoms with E-state index in [0.717, 1.165) is 18.6 Å². The van der Waals surface area contributed by atoms with E-state index < -0.39 is 10.0 Å². The Bertz CT molecular complexity index is 492. The van der Waals surface area contributed by atoms with Crippen molar-refractivity contribution in [2.45, 2.75) is 17.7 Å². The van der Waals surface area contributed by atoms with Crippen LogP contribution in [0.1, 0.15) is 12.8 Å². The van der Waals surface area contributed by atoms with Crippen molar-refractivity contribution in [3.05, 3.63) is 23.2 Å². The molecule has 0 saturated carbocycles. The average Bonchev–Trinajstić information content (AvgIpc) is 2.32. The summed E-state index contributed by atoms with van der Waals surface area (Å²) >= 11 is 7.50. The number of nitrogens with two attached hydrogens (primary N) is 1. The Morgan fingerprint density at radius 3 is 2.72 bits per heavy atom. The van der Waals surface area contributed by atoms with Gasteiger partial charge in [-0.3, -0.25) is 0 Å². The van der Waals surface area contributed by atoms with E-state index in [0.29, 0.717) is 11.6 Å². The highest BCUT2D eigenvalue weighted by Gasteiger charge is 2.14. The fourth-order valence-electron chi connectivity index (χ4n) is 1.35. The largest absolute Gasteiger partial charge is 0.397 e. The van der Waals surface area contributed by atoms with Crippen LogP contribution in [0.15, 0.2) is 23.1 Å². The highest BCUT2D eigenvalue weighted by atomic mass is 35.5. The number of hydrogen-bond acceptors (Lipinski definition) is 4. The fraction of sp³-hybridized carbons (Fsp3) is 0.455. The maximum Gasteiger partial charge on any atom is 0.240 e. The second-order valence-corrected chi connectivity index (χ2v) is 6.94. The SMILES string of the molecule is CSCCCCNS(=O)(=O)c1ccc(Cl)c(N)c1. The van der Waals surface area contributed by atoms with Crippen LogP contribution in [-0.2, 0) is 10.0 Å². The standard InChI is InChI=1S/C11H17ClN2O2S2/c1-17-7-3-2-6-14-18(15,16)9-4-5-10(12)11(13)8-9/h4-5,8,14H,2-3,6-7,13H2,1H3. The van der Waals surface area contributed by atoms with Crippen molar-refractivity contribution >= 4 is 39.1 Å². The van der Waals surface area contributed by atoms with Crippen molar-refractivity contribution in [3.63, 3.8) is 0 Å². The van der Waals surface area contributed by atoms with Crippen molar-refractivity contribution in [1.29, 1.82) is 0 Å². The molecular weight excluding hydrogens is 292 g/mol. The Kier molecular flexibility index (Phi) is 6.28. The molecule has 1 rings (SSSR count). The van der Waals surface area contributed by atoms with Crippen molar-refractivity contribution in [1.82, 2.24) is 4.72 Å². The molecule has 0 atom stereocenters. The lowest BCUT2D eigenvalue weighted by Gasteiger charge is -2.07. The minimum absolute atomic E-state index is 0.147. The smallest absolute Gasteiger partial charge is 0.240 e. The van der Waals surface area contributed by atoms with Gasteiger partial charge in [-0.2, -0.15) is 11.8 Å². The Hall–Kier alpha value is -0.430. The number of thioether (sulfide) groups is 1. The van der Waals surface area contributed by atoms with Crippen LogP contribution in [0.2, 0.25) is 5.02 Å². The van der Waals surface area contributed by atoms with E-state index in [1.807, 2.05) is 6.26 Å². The predicted octanol–water partition coefficient (Wildman–Crippen LogP) is 2.34. The number of hydrogen-bond donors (Lipinski definition) is 2. The maximum absolute atomic E-state index is 11.9. The molecule has 0 unspecified atom stereocenters. The third kappa shape index (κ3) is 4.68. The fourth-order valence-corrected chi connectivity index (χ4v) is 3.07. The molecule has 0 heterocycles. The summed E-state index contributed by atoms with van der Waals surface area (Å²) < 4.78 is 26.4. The molecule has 0 radical (unpaired) electrons. The molecule has 0 bridgehead atoms. The van der Waals surface area contributed by atoms with Crippen LogP contribution in [0.4, 0.5) is 5.69 Å². The van der Waals surface area contributed by atoms with Gasteiger partial charge in [-0.25, -0.2) is 13.1 Å². The lowest BCUT2D eigenvalue weighted by Crippen LogP contribution is -2.25.